The van der Waals surface area contributed by atoms with E-state index in [1.807, 2.05) is 6.92 Å². The Hall–Kier alpha value is -1.69. The van der Waals surface area contributed by atoms with Gasteiger partial charge in [0.1, 0.15) is 5.75 Å². The Morgan fingerprint density at radius 1 is 1.17 bits per heavy atom. The number of amides is 1. The Labute approximate surface area is 178 Å². The molecule has 30 heavy (non-hydrogen) atoms. The minimum Gasteiger partial charge on any atom is -0.494 e. The molecule has 1 aromatic rings. The summed E-state index contributed by atoms with van der Waals surface area (Å²) in [6.45, 7) is 3.93. The van der Waals surface area contributed by atoms with Crippen LogP contribution in [0.4, 0.5) is 0 Å². The minimum atomic E-state index is -3.75. The van der Waals surface area contributed by atoms with Gasteiger partial charge in [-0.1, -0.05) is 0 Å². The molecule has 2 atom stereocenters. The number of rotatable bonds is 9. The molecule has 2 unspecified atom stereocenters. The molecule has 0 spiro atoms. The van der Waals surface area contributed by atoms with Gasteiger partial charge in [-0.2, -0.15) is 0 Å². The average Bonchev–Trinajstić information content (AvgIpc) is 3.30. The summed E-state index contributed by atoms with van der Waals surface area (Å²) in [5.41, 5.74) is 0. The van der Waals surface area contributed by atoms with E-state index in [1.165, 1.54) is 12.1 Å². The highest BCUT2D eigenvalue weighted by Gasteiger charge is 2.42. The van der Waals surface area contributed by atoms with Crippen molar-refractivity contribution >= 4 is 25.8 Å². The lowest BCUT2D eigenvalue weighted by atomic mass is 10.1. The van der Waals surface area contributed by atoms with Crippen LogP contribution in [0.1, 0.15) is 26.2 Å². The zero-order valence-corrected chi connectivity index (χ0v) is 18.7. The molecule has 2 fully saturated rings. The van der Waals surface area contributed by atoms with Gasteiger partial charge in [-0.3, -0.25) is 9.69 Å². The largest absolute Gasteiger partial charge is 0.494 e. The Bertz CT molecular complexity index is 941. The number of nitrogens with zero attached hydrogens (tertiary/aromatic N) is 1. The van der Waals surface area contributed by atoms with Crippen LogP contribution in [0, 0.1) is 0 Å². The van der Waals surface area contributed by atoms with E-state index in [0.717, 1.165) is 25.9 Å². The van der Waals surface area contributed by atoms with E-state index in [0.29, 0.717) is 12.4 Å². The van der Waals surface area contributed by atoms with Gasteiger partial charge in [0.15, 0.2) is 9.84 Å². The molecule has 1 amide bonds. The first-order valence-corrected chi connectivity index (χ1v) is 13.5. The summed E-state index contributed by atoms with van der Waals surface area (Å²) in [6, 6.07) is 5.37. The molecule has 2 heterocycles. The van der Waals surface area contributed by atoms with Crippen LogP contribution in [0.15, 0.2) is 29.2 Å². The second-order valence-corrected chi connectivity index (χ2v) is 11.5. The normalized spacial score (nSPS) is 24.0. The third-order valence-electron chi connectivity index (χ3n) is 5.37. The Balaban J connectivity index is 1.51. The molecule has 2 saturated heterocycles. The second-order valence-electron chi connectivity index (χ2n) is 7.61. The van der Waals surface area contributed by atoms with Crippen molar-refractivity contribution < 1.29 is 26.4 Å². The van der Waals surface area contributed by atoms with Gasteiger partial charge in [0, 0.05) is 19.0 Å². The fourth-order valence-electron chi connectivity index (χ4n) is 3.94. The molecule has 2 aliphatic rings. The number of hydrogen-bond donors (Lipinski definition) is 2. The van der Waals surface area contributed by atoms with Crippen molar-refractivity contribution in [1.29, 1.82) is 0 Å². The maximum absolute atomic E-state index is 12.4. The minimum absolute atomic E-state index is 0.0579. The number of sulfonamides is 1. The molecule has 11 heteroatoms. The zero-order chi connectivity index (χ0) is 21.8. The molecule has 0 aliphatic carbocycles. The molecule has 168 valence electrons. The van der Waals surface area contributed by atoms with Gasteiger partial charge in [0.25, 0.3) is 0 Å². The molecule has 9 nitrogen and oxygen atoms in total. The number of carbonyl (C=O) groups is 1. The summed E-state index contributed by atoms with van der Waals surface area (Å²) < 4.78 is 56.6. The van der Waals surface area contributed by atoms with E-state index in [2.05, 4.69) is 14.9 Å². The van der Waals surface area contributed by atoms with E-state index in [1.54, 1.807) is 12.1 Å². The predicted octanol–water partition coefficient (Wildman–Crippen LogP) is 0.131. The van der Waals surface area contributed by atoms with Crippen LogP contribution in [-0.2, 0) is 24.7 Å². The van der Waals surface area contributed by atoms with Crippen molar-refractivity contribution in [2.45, 2.75) is 43.2 Å². The summed E-state index contributed by atoms with van der Waals surface area (Å²) >= 11 is 0. The first kappa shape index (κ1) is 23.0. The van der Waals surface area contributed by atoms with Crippen molar-refractivity contribution in [3.8, 4) is 5.75 Å². The molecule has 2 aliphatic heterocycles. The summed E-state index contributed by atoms with van der Waals surface area (Å²) in [4.78, 5) is 14.5. The SMILES string of the molecule is CCOc1ccc(S(=O)(=O)NCCC(=O)NC2CS(=O)(=O)CC2N2CCCC2)cc1. The highest BCUT2D eigenvalue weighted by atomic mass is 32.2. The van der Waals surface area contributed by atoms with Crippen molar-refractivity contribution in [1.82, 2.24) is 14.9 Å². The second kappa shape index (κ2) is 9.63. The summed E-state index contributed by atoms with van der Waals surface area (Å²) in [6.07, 6.45) is 1.99. The molecular formula is C19H29N3O6S2. The summed E-state index contributed by atoms with van der Waals surface area (Å²) in [5, 5.41) is 2.80. The average molecular weight is 460 g/mol. The van der Waals surface area contributed by atoms with Gasteiger partial charge in [0.05, 0.1) is 29.0 Å². The van der Waals surface area contributed by atoms with E-state index in [9.17, 15) is 21.6 Å². The van der Waals surface area contributed by atoms with Crippen LogP contribution >= 0.6 is 0 Å². The van der Waals surface area contributed by atoms with E-state index in [-0.39, 0.29) is 41.3 Å². The maximum atomic E-state index is 12.4. The van der Waals surface area contributed by atoms with E-state index < -0.39 is 25.9 Å². The smallest absolute Gasteiger partial charge is 0.240 e. The number of nitrogens with one attached hydrogen (secondary N) is 2. The highest BCUT2D eigenvalue weighted by molar-refractivity contribution is 7.91. The van der Waals surface area contributed by atoms with Crippen LogP contribution in [0.3, 0.4) is 0 Å². The highest BCUT2D eigenvalue weighted by Crippen LogP contribution is 2.22. The maximum Gasteiger partial charge on any atom is 0.240 e. The van der Waals surface area contributed by atoms with Gasteiger partial charge in [-0.25, -0.2) is 21.6 Å². The Kier molecular flexibility index (Phi) is 7.38. The van der Waals surface area contributed by atoms with Crippen LogP contribution < -0.4 is 14.8 Å². The number of hydrogen-bond acceptors (Lipinski definition) is 7. The molecule has 3 rings (SSSR count). The van der Waals surface area contributed by atoms with E-state index >= 15 is 0 Å². The first-order valence-electron chi connectivity index (χ1n) is 10.2. The number of carbonyl (C=O) groups excluding carboxylic acids is 1. The van der Waals surface area contributed by atoms with Gasteiger partial charge in [-0.05, 0) is 57.1 Å². The van der Waals surface area contributed by atoms with Gasteiger partial charge in [0.2, 0.25) is 15.9 Å². The molecule has 1 aromatic carbocycles. The number of sulfone groups is 1. The number of benzene rings is 1. The Morgan fingerprint density at radius 2 is 1.83 bits per heavy atom. The first-order chi connectivity index (χ1) is 14.2. The third-order valence-corrected chi connectivity index (χ3v) is 8.56. The molecule has 2 N–H and O–H groups in total. The van der Waals surface area contributed by atoms with E-state index in [4.69, 9.17) is 4.74 Å². The van der Waals surface area contributed by atoms with Gasteiger partial charge >= 0.3 is 0 Å². The van der Waals surface area contributed by atoms with Crippen molar-refractivity contribution in [2.24, 2.45) is 0 Å². The molecule has 0 saturated carbocycles. The molecule has 0 aromatic heterocycles. The van der Waals surface area contributed by atoms with Crippen LogP contribution in [0.25, 0.3) is 0 Å². The third kappa shape index (κ3) is 5.93. The molecule has 0 radical (unpaired) electrons. The van der Waals surface area contributed by atoms with Crippen LogP contribution in [-0.4, -0.2) is 77.5 Å². The van der Waals surface area contributed by atoms with Crippen molar-refractivity contribution in [2.75, 3.05) is 37.7 Å². The standard InChI is InChI=1S/C19H29N3O6S2/c1-2-28-15-5-7-16(8-6-15)30(26,27)20-10-9-19(23)21-17-13-29(24,25)14-18(17)22-11-3-4-12-22/h5-8,17-18,20H,2-4,9-14H2,1H3,(H,21,23). The molecular weight excluding hydrogens is 430 g/mol. The quantitative estimate of drug-likeness (QED) is 0.538. The predicted molar refractivity (Wildman–Crippen MR) is 113 cm³/mol. The lowest BCUT2D eigenvalue weighted by Gasteiger charge is -2.28. The molecule has 0 bridgehead atoms. The fraction of sp³-hybridized carbons (Fsp3) is 0.632. The van der Waals surface area contributed by atoms with Gasteiger partial charge in [-0.15, -0.1) is 0 Å². The lowest BCUT2D eigenvalue weighted by molar-refractivity contribution is -0.121. The lowest BCUT2D eigenvalue weighted by Crippen LogP contribution is -2.50. The van der Waals surface area contributed by atoms with Crippen molar-refractivity contribution in [3.63, 3.8) is 0 Å². The monoisotopic (exact) mass is 459 g/mol. The number of ether oxygens (including phenoxy) is 1. The van der Waals surface area contributed by atoms with Crippen molar-refractivity contribution in [3.05, 3.63) is 24.3 Å². The van der Waals surface area contributed by atoms with Crippen LogP contribution in [0.2, 0.25) is 0 Å². The summed E-state index contributed by atoms with van der Waals surface area (Å²) in [7, 11) is -6.94. The zero-order valence-electron chi connectivity index (χ0n) is 17.0. The fourth-order valence-corrected chi connectivity index (χ4v) is 6.93. The summed E-state index contributed by atoms with van der Waals surface area (Å²) in [5.74, 6) is 0.200. The topological polar surface area (TPSA) is 122 Å². The van der Waals surface area contributed by atoms with Gasteiger partial charge < -0.3 is 10.1 Å². The number of likely N-dealkylation sites (tertiary alicyclic amines) is 1. The Morgan fingerprint density at radius 3 is 2.47 bits per heavy atom. The van der Waals surface area contributed by atoms with Crippen LogP contribution in [0.5, 0.6) is 5.75 Å².